The molecular formula is C19H16N3O5-. The number of methoxy groups -OCH3 is 2. The topological polar surface area (TPSA) is 106 Å². The van der Waals surface area contributed by atoms with Crippen molar-refractivity contribution in [2.75, 3.05) is 14.2 Å². The number of ether oxygens (including phenoxy) is 2. The third kappa shape index (κ3) is 3.24. The highest BCUT2D eigenvalue weighted by Gasteiger charge is 2.15. The number of benzene rings is 2. The number of para-hydroxylation sites is 1. The van der Waals surface area contributed by atoms with Crippen LogP contribution >= 0.6 is 0 Å². The van der Waals surface area contributed by atoms with Crippen molar-refractivity contribution < 1.29 is 19.4 Å². The van der Waals surface area contributed by atoms with Gasteiger partial charge in [-0.1, -0.05) is 12.1 Å². The Morgan fingerprint density at radius 1 is 1.19 bits per heavy atom. The van der Waals surface area contributed by atoms with E-state index in [4.69, 9.17) is 9.47 Å². The molecule has 0 atom stereocenters. The quantitative estimate of drug-likeness (QED) is 0.623. The van der Waals surface area contributed by atoms with Crippen LogP contribution in [0.4, 0.5) is 0 Å². The summed E-state index contributed by atoms with van der Waals surface area (Å²) in [5, 5.41) is 16.1. The maximum Gasteiger partial charge on any atom is 0.282 e. The third-order valence-corrected chi connectivity index (χ3v) is 4.01. The number of hydrogen-bond acceptors (Lipinski definition) is 7. The lowest BCUT2D eigenvalue weighted by Crippen LogP contribution is -2.25. The summed E-state index contributed by atoms with van der Waals surface area (Å²) in [4.78, 5) is 28.6. The maximum absolute atomic E-state index is 12.6. The van der Waals surface area contributed by atoms with Crippen LogP contribution in [0.2, 0.25) is 0 Å². The predicted molar refractivity (Wildman–Crippen MR) is 97.6 cm³/mol. The number of aromatic carboxylic acids is 1. The molecule has 0 amide bonds. The average Bonchev–Trinajstić information content (AvgIpc) is 2.66. The molecule has 0 unspecified atom stereocenters. The first-order valence-corrected chi connectivity index (χ1v) is 7.97. The molecule has 0 radical (unpaired) electrons. The van der Waals surface area contributed by atoms with E-state index < -0.39 is 5.97 Å². The van der Waals surface area contributed by atoms with E-state index in [1.807, 2.05) is 0 Å². The molecule has 27 heavy (non-hydrogen) atoms. The lowest BCUT2D eigenvalue weighted by Gasteiger charge is -2.15. The molecule has 138 valence electrons. The van der Waals surface area contributed by atoms with Gasteiger partial charge >= 0.3 is 0 Å². The highest BCUT2D eigenvalue weighted by Crippen LogP contribution is 2.32. The number of carboxylic acid groups (broad SMARTS) is 1. The molecule has 0 spiro atoms. The number of hydrogen-bond donors (Lipinski definition) is 0. The van der Waals surface area contributed by atoms with Crippen molar-refractivity contribution >= 4 is 23.1 Å². The summed E-state index contributed by atoms with van der Waals surface area (Å²) < 4.78 is 11.4. The van der Waals surface area contributed by atoms with Crippen molar-refractivity contribution in [2.24, 2.45) is 5.10 Å². The van der Waals surface area contributed by atoms with Crippen molar-refractivity contribution in [3.05, 3.63) is 63.7 Å². The minimum atomic E-state index is -1.45. The Morgan fingerprint density at radius 3 is 2.59 bits per heavy atom. The summed E-state index contributed by atoms with van der Waals surface area (Å²) >= 11 is 0. The van der Waals surface area contributed by atoms with E-state index in [0.717, 1.165) is 4.68 Å². The standard InChI is InChI=1S/C19H17N3O5/c1-11-21-14-7-5-4-6-13(14)18(23)22(11)20-10-12-8-9-15(26-2)17(27-3)16(12)19(24)25/h4-10H,1-3H3,(H,24,25)/p-1/b20-10-. The molecule has 3 aromatic rings. The first-order valence-electron chi connectivity index (χ1n) is 7.97. The van der Waals surface area contributed by atoms with Crippen LogP contribution in [-0.4, -0.2) is 36.1 Å². The molecule has 0 bridgehead atoms. The molecule has 0 aliphatic rings. The lowest BCUT2D eigenvalue weighted by molar-refractivity contribution is -0.255. The van der Waals surface area contributed by atoms with Gasteiger partial charge in [0.2, 0.25) is 0 Å². The minimum absolute atomic E-state index is 0.0159. The van der Waals surface area contributed by atoms with Crippen molar-refractivity contribution in [1.82, 2.24) is 9.66 Å². The zero-order valence-electron chi connectivity index (χ0n) is 14.9. The molecule has 8 nitrogen and oxygen atoms in total. The molecule has 2 aromatic carbocycles. The normalized spacial score (nSPS) is 11.1. The zero-order valence-corrected chi connectivity index (χ0v) is 14.9. The summed E-state index contributed by atoms with van der Waals surface area (Å²) in [7, 11) is 2.72. The Kier molecular flexibility index (Phi) is 4.89. The Labute approximate surface area is 154 Å². The molecule has 8 heteroatoms. The highest BCUT2D eigenvalue weighted by atomic mass is 16.5. The second kappa shape index (κ2) is 7.28. The number of fused-ring (bicyclic) bond motifs is 1. The average molecular weight is 366 g/mol. The Balaban J connectivity index is 2.16. The van der Waals surface area contributed by atoms with Crippen LogP contribution in [0.25, 0.3) is 10.9 Å². The summed E-state index contributed by atoms with van der Waals surface area (Å²) in [6.07, 6.45) is 1.25. The summed E-state index contributed by atoms with van der Waals surface area (Å²) in [6, 6.07) is 9.94. The molecular weight excluding hydrogens is 350 g/mol. The van der Waals surface area contributed by atoms with Crippen LogP contribution in [0.3, 0.4) is 0 Å². The highest BCUT2D eigenvalue weighted by molar-refractivity contribution is 6.00. The van der Waals surface area contributed by atoms with E-state index in [1.165, 1.54) is 26.5 Å². The Bertz CT molecular complexity index is 1120. The molecule has 0 saturated heterocycles. The van der Waals surface area contributed by atoms with Gasteiger partial charge in [0.25, 0.3) is 5.56 Å². The van der Waals surface area contributed by atoms with Crippen molar-refractivity contribution in [2.45, 2.75) is 6.92 Å². The second-order valence-electron chi connectivity index (χ2n) is 5.59. The minimum Gasteiger partial charge on any atom is -0.545 e. The number of nitrogens with zero attached hydrogens (tertiary/aromatic N) is 3. The fourth-order valence-electron chi connectivity index (χ4n) is 2.75. The van der Waals surface area contributed by atoms with E-state index >= 15 is 0 Å². The largest absolute Gasteiger partial charge is 0.545 e. The van der Waals surface area contributed by atoms with Crippen molar-refractivity contribution in [3.63, 3.8) is 0 Å². The molecule has 0 saturated carbocycles. The number of aryl methyl sites for hydroxylation is 1. The van der Waals surface area contributed by atoms with Crippen LogP contribution in [0.5, 0.6) is 11.5 Å². The van der Waals surface area contributed by atoms with Gasteiger partial charge in [0.1, 0.15) is 5.82 Å². The van der Waals surface area contributed by atoms with Gasteiger partial charge < -0.3 is 19.4 Å². The van der Waals surface area contributed by atoms with Gasteiger partial charge in [-0.05, 0) is 31.2 Å². The third-order valence-electron chi connectivity index (χ3n) is 4.01. The first-order chi connectivity index (χ1) is 13.0. The molecule has 0 fully saturated rings. The van der Waals surface area contributed by atoms with E-state index in [2.05, 4.69) is 10.1 Å². The van der Waals surface area contributed by atoms with E-state index in [-0.39, 0.29) is 28.2 Å². The molecule has 3 rings (SSSR count). The van der Waals surface area contributed by atoms with Gasteiger partial charge in [-0.15, -0.1) is 0 Å². The fraction of sp³-hybridized carbons (Fsp3) is 0.158. The molecule has 0 aliphatic heterocycles. The molecule has 0 aliphatic carbocycles. The van der Waals surface area contributed by atoms with Crippen LogP contribution in [0.15, 0.2) is 46.3 Å². The molecule has 1 heterocycles. The number of aromatic nitrogens is 2. The van der Waals surface area contributed by atoms with Crippen LogP contribution < -0.4 is 20.1 Å². The maximum atomic E-state index is 12.6. The van der Waals surface area contributed by atoms with E-state index in [1.54, 1.807) is 37.3 Å². The summed E-state index contributed by atoms with van der Waals surface area (Å²) in [5.74, 6) is -0.824. The predicted octanol–water partition coefficient (Wildman–Crippen LogP) is 0.968. The number of carbonyl (C=O) groups is 1. The van der Waals surface area contributed by atoms with Crippen LogP contribution in [-0.2, 0) is 0 Å². The summed E-state index contributed by atoms with van der Waals surface area (Å²) in [6.45, 7) is 1.64. The monoisotopic (exact) mass is 366 g/mol. The smallest absolute Gasteiger partial charge is 0.282 e. The summed E-state index contributed by atoms with van der Waals surface area (Å²) in [5.41, 5.74) is 0.185. The van der Waals surface area contributed by atoms with Gasteiger partial charge in [0.05, 0.1) is 42.9 Å². The first kappa shape index (κ1) is 18.1. The SMILES string of the molecule is COc1ccc(/C=N\n2c(C)nc3ccccc3c2=O)c(C(=O)[O-])c1OC. The fourth-order valence-corrected chi connectivity index (χ4v) is 2.75. The van der Waals surface area contributed by atoms with Crippen LogP contribution in [0.1, 0.15) is 21.7 Å². The van der Waals surface area contributed by atoms with E-state index in [0.29, 0.717) is 16.7 Å². The number of carboxylic acids is 1. The lowest BCUT2D eigenvalue weighted by atomic mass is 10.1. The van der Waals surface area contributed by atoms with E-state index in [9.17, 15) is 14.7 Å². The molecule has 0 N–H and O–H groups in total. The van der Waals surface area contributed by atoms with Gasteiger partial charge in [-0.25, -0.2) is 4.98 Å². The van der Waals surface area contributed by atoms with Gasteiger partial charge in [-0.2, -0.15) is 9.78 Å². The second-order valence-corrected chi connectivity index (χ2v) is 5.59. The Morgan fingerprint density at radius 2 is 1.93 bits per heavy atom. The van der Waals surface area contributed by atoms with Gasteiger partial charge in [0.15, 0.2) is 11.5 Å². The zero-order chi connectivity index (χ0) is 19.6. The van der Waals surface area contributed by atoms with Crippen molar-refractivity contribution in [3.8, 4) is 11.5 Å². The van der Waals surface area contributed by atoms with Gasteiger partial charge in [-0.3, -0.25) is 4.79 Å². The van der Waals surface area contributed by atoms with Crippen LogP contribution in [0, 0.1) is 6.92 Å². The number of carbonyl (C=O) groups excluding carboxylic acids is 1. The molecule has 1 aromatic heterocycles. The Hall–Kier alpha value is -3.68. The van der Waals surface area contributed by atoms with Gasteiger partial charge in [0, 0.05) is 5.56 Å². The number of rotatable bonds is 5. The van der Waals surface area contributed by atoms with Crippen molar-refractivity contribution in [1.29, 1.82) is 0 Å².